The van der Waals surface area contributed by atoms with Crippen molar-refractivity contribution in [2.24, 2.45) is 5.16 Å². The maximum absolute atomic E-state index is 13.1. The lowest BCUT2D eigenvalue weighted by Gasteiger charge is -2.34. The Hall–Kier alpha value is -1.96. The van der Waals surface area contributed by atoms with Crippen LogP contribution in [0.15, 0.2) is 38.8 Å². The molecule has 0 radical (unpaired) electrons. The largest absolute Gasteiger partial charge is 0.605 e. The highest BCUT2D eigenvalue weighted by molar-refractivity contribution is 7.93. The molecule has 1 aromatic heterocycles. The summed E-state index contributed by atoms with van der Waals surface area (Å²) in [6.07, 6.45) is 3.33. The van der Waals surface area contributed by atoms with Crippen molar-refractivity contribution < 1.29 is 19.2 Å². The average Bonchev–Trinajstić information content (AvgIpc) is 3.24. The molecule has 0 spiro atoms. The van der Waals surface area contributed by atoms with Crippen LogP contribution in [0.4, 0.5) is 0 Å². The third-order valence-corrected chi connectivity index (χ3v) is 7.67. The first-order valence-corrected chi connectivity index (χ1v) is 10.7. The number of nitriles is 1. The zero-order valence-corrected chi connectivity index (χ0v) is 17.3. The van der Waals surface area contributed by atoms with Gasteiger partial charge in [-0.05, 0) is 30.7 Å². The van der Waals surface area contributed by atoms with Crippen molar-refractivity contribution in [1.29, 1.82) is 5.26 Å². The van der Waals surface area contributed by atoms with Crippen LogP contribution in [0.3, 0.4) is 0 Å². The normalized spacial score (nSPS) is 17.9. The molecule has 9 heteroatoms. The molecule has 2 aromatic rings. The molecule has 0 saturated carbocycles. The molecule has 1 N–H and O–H groups in total. The Morgan fingerprint density at radius 2 is 2.25 bits per heavy atom. The number of oxime groups is 1. The van der Waals surface area contributed by atoms with E-state index in [0.29, 0.717) is 39.3 Å². The van der Waals surface area contributed by atoms with Gasteiger partial charge in [0.25, 0.3) is 0 Å². The molecule has 1 fully saturated rings. The molecule has 1 saturated heterocycles. The second-order valence-corrected chi connectivity index (χ2v) is 9.09. The maximum atomic E-state index is 13.1. The van der Waals surface area contributed by atoms with Crippen LogP contribution >= 0.6 is 11.3 Å². The van der Waals surface area contributed by atoms with Crippen LogP contribution < -0.4 is 0 Å². The Kier molecular flexibility index (Phi) is 6.69. The molecule has 1 unspecified atom stereocenters. The molecule has 2 heterocycles. The summed E-state index contributed by atoms with van der Waals surface area (Å²) in [5.74, 6) is 0. The van der Waals surface area contributed by atoms with Gasteiger partial charge < -0.3 is 19.2 Å². The summed E-state index contributed by atoms with van der Waals surface area (Å²) in [6.45, 7) is 2.89. The third kappa shape index (κ3) is 4.06. The topological polar surface area (TPSA) is 111 Å². The van der Waals surface area contributed by atoms with Gasteiger partial charge in [-0.15, -0.1) is 0 Å². The smallest absolute Gasteiger partial charge is 0.307 e. The second kappa shape index (κ2) is 9.03. The minimum absolute atomic E-state index is 0.128. The van der Waals surface area contributed by atoms with E-state index >= 15 is 0 Å². The van der Waals surface area contributed by atoms with E-state index in [9.17, 15) is 4.55 Å². The highest BCUT2D eigenvalue weighted by atomic mass is 32.2. The van der Waals surface area contributed by atoms with Crippen molar-refractivity contribution >= 4 is 28.2 Å². The Labute approximate surface area is 170 Å². The molecule has 1 aliphatic heterocycles. The van der Waals surface area contributed by atoms with Crippen LogP contribution in [0, 0.1) is 11.3 Å². The van der Waals surface area contributed by atoms with E-state index in [-0.39, 0.29) is 6.42 Å². The first-order valence-electron chi connectivity index (χ1n) is 8.74. The Morgan fingerprint density at radius 1 is 1.50 bits per heavy atom. The first-order chi connectivity index (χ1) is 13.5. The van der Waals surface area contributed by atoms with E-state index < -0.39 is 16.8 Å². The maximum Gasteiger partial charge on any atom is 0.307 e. The van der Waals surface area contributed by atoms with Gasteiger partial charge in [0.05, 0.1) is 34.3 Å². The number of hydrogen-bond acceptors (Lipinski definition) is 8. The monoisotopic (exact) mass is 419 g/mol. The third-order valence-electron chi connectivity index (χ3n) is 4.88. The highest BCUT2D eigenvalue weighted by Gasteiger charge is 2.37. The molecule has 28 heavy (non-hydrogen) atoms. The fourth-order valence-corrected chi connectivity index (χ4v) is 5.76. The summed E-state index contributed by atoms with van der Waals surface area (Å²) >= 11 is -0.0997. The Balaban J connectivity index is 1.90. The van der Waals surface area contributed by atoms with Crippen LogP contribution in [0.25, 0.3) is 0 Å². The molecule has 1 atom stereocenters. The number of aromatic nitrogens is 1. The number of methoxy groups -OCH3 is 1. The lowest BCUT2D eigenvalue weighted by Crippen LogP contribution is -2.34. The molecular formula is C19H21N3O4S2. The second-order valence-electron chi connectivity index (χ2n) is 6.41. The van der Waals surface area contributed by atoms with Gasteiger partial charge in [-0.25, -0.2) is 0 Å². The fraction of sp³-hybridized carbons (Fsp3) is 0.421. The standard InChI is InChI=1S/C19H21N3O4S2/c1-13(22-23)16-4-3-15(11-14(16)5-8-20)28(24)18-21-12-17(27-18)19(25-2)6-9-26-10-7-19/h3-4,11-12,23H,5-7,9-10H2,1-2H3/b22-13+. The van der Waals surface area contributed by atoms with E-state index in [0.717, 1.165) is 17.7 Å². The van der Waals surface area contributed by atoms with Crippen LogP contribution in [-0.4, -0.2) is 40.8 Å². The molecule has 148 valence electrons. The Bertz CT molecular complexity index is 901. The van der Waals surface area contributed by atoms with Gasteiger partial charge in [0.1, 0.15) is 5.60 Å². The van der Waals surface area contributed by atoms with Gasteiger partial charge >= 0.3 is 4.34 Å². The minimum Gasteiger partial charge on any atom is -0.605 e. The van der Waals surface area contributed by atoms with E-state index in [1.54, 1.807) is 38.4 Å². The molecule has 0 bridgehead atoms. The average molecular weight is 420 g/mol. The van der Waals surface area contributed by atoms with Crippen molar-refractivity contribution in [1.82, 2.24) is 4.98 Å². The van der Waals surface area contributed by atoms with E-state index in [2.05, 4.69) is 16.2 Å². The lowest BCUT2D eigenvalue weighted by atomic mass is 9.93. The number of benzene rings is 1. The van der Waals surface area contributed by atoms with Gasteiger partial charge in [0.2, 0.25) is 0 Å². The van der Waals surface area contributed by atoms with Crippen molar-refractivity contribution in [2.75, 3.05) is 20.3 Å². The van der Waals surface area contributed by atoms with Gasteiger partial charge in [-0.3, -0.25) is 0 Å². The van der Waals surface area contributed by atoms with Crippen molar-refractivity contribution in [3.63, 3.8) is 0 Å². The van der Waals surface area contributed by atoms with E-state index in [1.807, 2.05) is 0 Å². The predicted octanol–water partition coefficient (Wildman–Crippen LogP) is 3.23. The van der Waals surface area contributed by atoms with Crippen molar-refractivity contribution in [3.8, 4) is 6.07 Å². The zero-order valence-electron chi connectivity index (χ0n) is 15.7. The highest BCUT2D eigenvalue weighted by Crippen LogP contribution is 2.40. The zero-order chi connectivity index (χ0) is 20.1. The molecule has 0 amide bonds. The van der Waals surface area contributed by atoms with E-state index in [4.69, 9.17) is 19.9 Å². The fourth-order valence-electron chi connectivity index (χ4n) is 3.23. The lowest BCUT2D eigenvalue weighted by molar-refractivity contribution is -0.0926. The van der Waals surface area contributed by atoms with Crippen molar-refractivity contribution in [2.45, 2.75) is 41.0 Å². The number of hydrogen-bond donors (Lipinski definition) is 1. The predicted molar refractivity (Wildman–Crippen MR) is 105 cm³/mol. The van der Waals surface area contributed by atoms with Gasteiger partial charge in [-0.2, -0.15) is 10.2 Å². The van der Waals surface area contributed by atoms with Crippen LogP contribution in [0.5, 0.6) is 0 Å². The molecule has 3 rings (SSSR count). The van der Waals surface area contributed by atoms with Crippen LogP contribution in [0.2, 0.25) is 0 Å². The number of thiazole rings is 1. The van der Waals surface area contributed by atoms with Crippen LogP contribution in [-0.2, 0) is 32.7 Å². The summed E-state index contributed by atoms with van der Waals surface area (Å²) in [7, 11) is 1.68. The summed E-state index contributed by atoms with van der Waals surface area (Å²) in [5.41, 5.74) is 1.28. The molecule has 1 aromatic carbocycles. The minimum atomic E-state index is -1.48. The molecular weight excluding hydrogens is 398 g/mol. The van der Waals surface area contributed by atoms with E-state index in [1.165, 1.54) is 11.3 Å². The molecule has 0 aliphatic carbocycles. The summed E-state index contributed by atoms with van der Waals surface area (Å²) < 4.78 is 24.8. The summed E-state index contributed by atoms with van der Waals surface area (Å²) in [4.78, 5) is 5.88. The van der Waals surface area contributed by atoms with Gasteiger partial charge in [0, 0.05) is 44.9 Å². The van der Waals surface area contributed by atoms with Gasteiger partial charge in [-0.1, -0.05) is 16.5 Å². The number of rotatable bonds is 6. The quantitative estimate of drug-likeness (QED) is 0.333. The number of nitrogens with zero attached hydrogens (tertiary/aromatic N) is 3. The summed E-state index contributed by atoms with van der Waals surface area (Å²) in [5, 5.41) is 21.3. The SMILES string of the molecule is COC1(c2cnc([S+]([O-])c3ccc(/C(C)=N/O)c(CC#N)c3)s2)CCOCC1. The molecule has 7 nitrogen and oxygen atoms in total. The van der Waals surface area contributed by atoms with Gasteiger partial charge in [0.15, 0.2) is 4.90 Å². The summed E-state index contributed by atoms with van der Waals surface area (Å²) in [6, 6.07) is 7.24. The Morgan fingerprint density at radius 3 is 2.89 bits per heavy atom. The first kappa shape index (κ1) is 20.8. The van der Waals surface area contributed by atoms with Crippen LogP contribution in [0.1, 0.15) is 35.8 Å². The molecule has 1 aliphatic rings. The van der Waals surface area contributed by atoms with Crippen molar-refractivity contribution in [3.05, 3.63) is 40.4 Å². The number of ether oxygens (including phenoxy) is 2.